The second-order valence-electron chi connectivity index (χ2n) is 5.36. The maximum Gasteiger partial charge on any atom is 0.264 e. The van der Waals surface area contributed by atoms with Crippen molar-refractivity contribution in [3.8, 4) is 11.3 Å². The first-order valence-electron chi connectivity index (χ1n) is 7.16. The summed E-state index contributed by atoms with van der Waals surface area (Å²) in [6, 6.07) is 9.66. The van der Waals surface area contributed by atoms with Gasteiger partial charge in [-0.3, -0.25) is 4.79 Å². The van der Waals surface area contributed by atoms with Crippen LogP contribution in [0.25, 0.3) is 11.3 Å². The molecule has 0 aliphatic carbocycles. The Morgan fingerprint density at radius 1 is 1.10 bits per heavy atom. The third-order valence-corrected chi connectivity index (χ3v) is 3.87. The highest BCUT2D eigenvalue weighted by Gasteiger charge is 2.13. The van der Waals surface area contributed by atoms with E-state index >= 15 is 0 Å². The van der Waals surface area contributed by atoms with E-state index in [4.69, 9.17) is 0 Å². The summed E-state index contributed by atoms with van der Waals surface area (Å²) in [7, 11) is 0. The Morgan fingerprint density at radius 2 is 1.90 bits per heavy atom. The average molecular weight is 269 g/mol. The summed E-state index contributed by atoms with van der Waals surface area (Å²) in [4.78, 5) is 13.5. The van der Waals surface area contributed by atoms with Gasteiger partial charge in [0.15, 0.2) is 0 Å². The van der Waals surface area contributed by atoms with Crippen molar-refractivity contribution in [1.82, 2.24) is 10.2 Å². The van der Waals surface area contributed by atoms with Crippen LogP contribution in [0.1, 0.15) is 24.8 Å². The van der Waals surface area contributed by atoms with Crippen molar-refractivity contribution in [3.63, 3.8) is 0 Å². The molecule has 1 fully saturated rings. The number of aryl methyl sites for hydroxylation is 1. The molecule has 0 amide bonds. The first-order chi connectivity index (χ1) is 9.74. The molecule has 4 nitrogen and oxygen atoms in total. The Balaban J connectivity index is 1.90. The van der Waals surface area contributed by atoms with Gasteiger partial charge in [0.2, 0.25) is 0 Å². The molecular weight excluding hydrogens is 250 g/mol. The molecule has 1 saturated heterocycles. The number of benzene rings is 1. The van der Waals surface area contributed by atoms with E-state index in [9.17, 15) is 4.79 Å². The first-order valence-corrected chi connectivity index (χ1v) is 7.16. The van der Waals surface area contributed by atoms with Crippen molar-refractivity contribution in [2.24, 2.45) is 0 Å². The maximum absolute atomic E-state index is 11.1. The Morgan fingerprint density at radius 3 is 2.55 bits per heavy atom. The zero-order valence-electron chi connectivity index (χ0n) is 11.7. The summed E-state index contributed by atoms with van der Waals surface area (Å²) in [5.74, 6) is 0. The van der Waals surface area contributed by atoms with Crippen molar-refractivity contribution in [2.45, 2.75) is 26.2 Å². The largest absolute Gasteiger partial charge is 0.371 e. The van der Waals surface area contributed by atoms with Crippen LogP contribution < -0.4 is 10.5 Å². The zero-order valence-corrected chi connectivity index (χ0v) is 11.7. The Kier molecular flexibility index (Phi) is 3.54. The van der Waals surface area contributed by atoms with Crippen LogP contribution in [0.3, 0.4) is 0 Å². The molecule has 0 spiro atoms. The number of hydrogen-bond donors (Lipinski definition) is 1. The molecule has 1 aliphatic heterocycles. The number of rotatable bonds is 2. The molecule has 0 saturated carbocycles. The van der Waals surface area contributed by atoms with Crippen LogP contribution in [0.2, 0.25) is 0 Å². The quantitative estimate of drug-likeness (QED) is 0.912. The third-order valence-electron chi connectivity index (χ3n) is 3.87. The second-order valence-corrected chi connectivity index (χ2v) is 5.36. The summed E-state index contributed by atoms with van der Waals surface area (Å²) in [5.41, 5.74) is 4.25. The van der Waals surface area contributed by atoms with Gasteiger partial charge in [-0.1, -0.05) is 6.07 Å². The number of nitrogens with zero attached hydrogens (tertiary/aromatic N) is 2. The second kappa shape index (κ2) is 5.49. The minimum absolute atomic E-state index is 0.171. The molecule has 1 aromatic carbocycles. The molecule has 0 unspecified atom stereocenters. The Labute approximate surface area is 118 Å². The first kappa shape index (κ1) is 12.9. The number of nitrogens with one attached hydrogen (secondary N) is 1. The average Bonchev–Trinajstić information content (AvgIpc) is 2.49. The van der Waals surface area contributed by atoms with Gasteiger partial charge < -0.3 is 4.90 Å². The molecule has 1 N–H and O–H groups in total. The summed E-state index contributed by atoms with van der Waals surface area (Å²) < 4.78 is 0. The van der Waals surface area contributed by atoms with Gasteiger partial charge in [-0.2, -0.15) is 5.10 Å². The van der Waals surface area contributed by atoms with E-state index in [1.54, 1.807) is 6.07 Å². The standard InChI is InChI=1S/C16H19N3O/c1-12-11-13(14-6-8-16(20)18-17-14)5-7-15(12)19-9-3-2-4-10-19/h5-8,11H,2-4,9-10H2,1H3,(H,18,20). The molecule has 4 heteroatoms. The predicted octanol–water partition coefficient (Wildman–Crippen LogP) is 2.74. The lowest BCUT2D eigenvalue weighted by molar-refractivity contribution is 0.577. The lowest BCUT2D eigenvalue weighted by atomic mass is 10.0. The summed E-state index contributed by atoms with van der Waals surface area (Å²) in [5, 5.41) is 6.56. The molecule has 0 atom stereocenters. The lowest BCUT2D eigenvalue weighted by Crippen LogP contribution is -2.29. The summed E-state index contributed by atoms with van der Waals surface area (Å²) >= 11 is 0. The van der Waals surface area contributed by atoms with Gasteiger partial charge in [0, 0.05) is 30.4 Å². The Bertz CT molecular complexity index is 637. The number of aromatic amines is 1. The van der Waals surface area contributed by atoms with Gasteiger partial charge in [0.1, 0.15) is 0 Å². The lowest BCUT2D eigenvalue weighted by Gasteiger charge is -2.30. The van der Waals surface area contributed by atoms with E-state index in [1.807, 2.05) is 0 Å². The monoisotopic (exact) mass is 269 g/mol. The number of aromatic nitrogens is 2. The van der Waals surface area contributed by atoms with Crippen LogP contribution in [0, 0.1) is 6.92 Å². The van der Waals surface area contributed by atoms with Crippen LogP contribution in [-0.4, -0.2) is 23.3 Å². The molecular formula is C16H19N3O. The van der Waals surface area contributed by atoms with E-state index in [-0.39, 0.29) is 5.56 Å². The fraction of sp³-hybridized carbons (Fsp3) is 0.375. The Hall–Kier alpha value is -2.10. The van der Waals surface area contributed by atoms with Gasteiger partial charge in [-0.25, -0.2) is 5.10 Å². The summed E-state index contributed by atoms with van der Waals surface area (Å²) in [6.07, 6.45) is 3.90. The molecule has 1 aliphatic rings. The predicted molar refractivity (Wildman–Crippen MR) is 81.1 cm³/mol. The number of anilines is 1. The minimum Gasteiger partial charge on any atom is -0.371 e. The van der Waals surface area contributed by atoms with Crippen molar-refractivity contribution in [1.29, 1.82) is 0 Å². The van der Waals surface area contributed by atoms with Gasteiger partial charge in [0.05, 0.1) is 5.69 Å². The molecule has 2 aromatic rings. The van der Waals surface area contributed by atoms with Gasteiger partial charge in [-0.15, -0.1) is 0 Å². The number of piperidine rings is 1. The van der Waals surface area contributed by atoms with E-state index in [0.717, 1.165) is 24.3 Å². The molecule has 0 bridgehead atoms. The summed E-state index contributed by atoms with van der Waals surface area (Å²) in [6.45, 7) is 4.44. The van der Waals surface area contributed by atoms with Crippen molar-refractivity contribution in [3.05, 3.63) is 46.2 Å². The van der Waals surface area contributed by atoms with E-state index in [0.29, 0.717) is 0 Å². The van der Waals surface area contributed by atoms with Crippen molar-refractivity contribution >= 4 is 5.69 Å². The smallest absolute Gasteiger partial charge is 0.264 e. The van der Waals surface area contributed by atoms with Crippen LogP contribution in [-0.2, 0) is 0 Å². The third kappa shape index (κ3) is 2.59. The van der Waals surface area contributed by atoms with Crippen molar-refractivity contribution < 1.29 is 0 Å². The SMILES string of the molecule is Cc1cc(-c2ccc(=O)[nH]n2)ccc1N1CCCCC1. The highest BCUT2D eigenvalue weighted by molar-refractivity contribution is 5.66. The fourth-order valence-electron chi connectivity index (χ4n) is 2.81. The topological polar surface area (TPSA) is 49.0 Å². The number of hydrogen-bond acceptors (Lipinski definition) is 3. The fourth-order valence-corrected chi connectivity index (χ4v) is 2.81. The van der Waals surface area contributed by atoms with E-state index in [2.05, 4.69) is 40.2 Å². The molecule has 1 aromatic heterocycles. The van der Waals surface area contributed by atoms with E-state index < -0.39 is 0 Å². The molecule has 0 radical (unpaired) electrons. The van der Waals surface area contributed by atoms with Crippen LogP contribution in [0.4, 0.5) is 5.69 Å². The maximum atomic E-state index is 11.1. The van der Waals surface area contributed by atoms with Gasteiger partial charge >= 0.3 is 0 Å². The molecule has 3 rings (SSSR count). The molecule has 104 valence electrons. The van der Waals surface area contributed by atoms with Gasteiger partial charge in [-0.05, 0) is 49.9 Å². The van der Waals surface area contributed by atoms with Crippen LogP contribution in [0.5, 0.6) is 0 Å². The minimum atomic E-state index is -0.171. The van der Waals surface area contributed by atoms with Crippen LogP contribution >= 0.6 is 0 Å². The number of H-pyrrole nitrogens is 1. The van der Waals surface area contributed by atoms with Crippen LogP contribution in [0.15, 0.2) is 35.1 Å². The normalized spacial score (nSPS) is 15.3. The molecule has 2 heterocycles. The zero-order chi connectivity index (χ0) is 13.9. The highest BCUT2D eigenvalue weighted by Crippen LogP contribution is 2.27. The van der Waals surface area contributed by atoms with E-state index in [1.165, 1.54) is 36.6 Å². The highest BCUT2D eigenvalue weighted by atomic mass is 16.1. The molecule has 20 heavy (non-hydrogen) atoms. The van der Waals surface area contributed by atoms with Crippen molar-refractivity contribution in [2.75, 3.05) is 18.0 Å². The van der Waals surface area contributed by atoms with Gasteiger partial charge in [0.25, 0.3) is 5.56 Å².